The number of nitrogens with zero attached hydrogens (tertiary/aromatic N) is 3. The Morgan fingerprint density at radius 3 is 2.80 bits per heavy atom. The molecule has 0 radical (unpaired) electrons. The molecule has 0 saturated heterocycles. The van der Waals surface area contributed by atoms with E-state index in [1.807, 2.05) is 0 Å². The van der Waals surface area contributed by atoms with Gasteiger partial charge in [0.15, 0.2) is 0 Å². The lowest BCUT2D eigenvalue weighted by Crippen LogP contribution is -2.45. The highest BCUT2D eigenvalue weighted by atomic mass is 35.5. The van der Waals surface area contributed by atoms with E-state index in [1.54, 1.807) is 19.1 Å². The number of amides is 3. The molecule has 1 aromatic carbocycles. The number of halogens is 2. The number of nitrogens with one attached hydrogen (secondary N) is 1. The lowest BCUT2D eigenvalue weighted by molar-refractivity contribution is -0.116. The molecule has 0 bridgehead atoms. The van der Waals surface area contributed by atoms with E-state index in [4.69, 9.17) is 11.6 Å². The average Bonchev–Trinajstić information content (AvgIpc) is 2.72. The van der Waals surface area contributed by atoms with E-state index in [9.17, 15) is 14.0 Å². The number of rotatable bonds is 2. The second-order valence-corrected chi connectivity index (χ2v) is 5.60. The summed E-state index contributed by atoms with van der Waals surface area (Å²) in [4.78, 5) is 34.1. The number of fused-ring (bicyclic) bond motifs is 1. The van der Waals surface area contributed by atoms with Gasteiger partial charge in [-0.05, 0) is 31.2 Å². The molecular weight excluding hydrogens is 347 g/mol. The fourth-order valence-electron chi connectivity index (χ4n) is 2.53. The predicted molar refractivity (Wildman–Crippen MR) is 92.7 cm³/mol. The van der Waals surface area contributed by atoms with Gasteiger partial charge in [0.05, 0.1) is 11.4 Å². The van der Waals surface area contributed by atoms with E-state index in [2.05, 4.69) is 15.3 Å². The molecule has 2 heterocycles. The van der Waals surface area contributed by atoms with Crippen molar-refractivity contribution in [3.63, 3.8) is 0 Å². The molecule has 3 rings (SSSR count). The largest absolute Gasteiger partial charge is 0.338 e. The molecule has 0 unspecified atom stereocenters. The van der Waals surface area contributed by atoms with Crippen LogP contribution in [0.1, 0.15) is 18.2 Å². The zero-order chi connectivity index (χ0) is 18.0. The standard InChI is InChI=1S/C17H14ClFN4O2/c1-2-20-17(25)23-12-7-8-13(18)22-16(12)15(21-9-14(23)24)10-5-3-4-6-11(10)19/h3-8H,2,9H2,1H3,(H,20,25). The van der Waals surface area contributed by atoms with E-state index in [0.717, 1.165) is 4.90 Å². The SMILES string of the molecule is CCNC(=O)N1C(=O)CN=C(c2ccccc2F)c2nc(Cl)ccc21. The molecule has 0 fully saturated rings. The molecule has 1 aliphatic rings. The van der Waals surface area contributed by atoms with Crippen LogP contribution in [0.15, 0.2) is 41.4 Å². The summed E-state index contributed by atoms with van der Waals surface area (Å²) < 4.78 is 14.3. The van der Waals surface area contributed by atoms with Crippen molar-refractivity contribution in [1.29, 1.82) is 0 Å². The maximum atomic E-state index is 14.3. The minimum Gasteiger partial charge on any atom is -0.338 e. The van der Waals surface area contributed by atoms with Crippen LogP contribution in [0.4, 0.5) is 14.9 Å². The van der Waals surface area contributed by atoms with Crippen molar-refractivity contribution in [1.82, 2.24) is 10.3 Å². The summed E-state index contributed by atoms with van der Waals surface area (Å²) in [5.74, 6) is -1.05. The minimum absolute atomic E-state index is 0.146. The highest BCUT2D eigenvalue weighted by Crippen LogP contribution is 2.28. The topological polar surface area (TPSA) is 74.7 Å². The number of hydrogen-bond donors (Lipinski definition) is 1. The Bertz CT molecular complexity index is 885. The van der Waals surface area contributed by atoms with Gasteiger partial charge in [0, 0.05) is 12.1 Å². The first-order chi connectivity index (χ1) is 12.0. The van der Waals surface area contributed by atoms with Crippen molar-refractivity contribution in [2.75, 3.05) is 18.0 Å². The minimum atomic E-state index is -0.595. The highest BCUT2D eigenvalue weighted by molar-refractivity contribution is 6.30. The van der Waals surface area contributed by atoms with Crippen molar-refractivity contribution in [3.05, 3.63) is 58.6 Å². The first kappa shape index (κ1) is 17.0. The summed E-state index contributed by atoms with van der Waals surface area (Å²) >= 11 is 5.98. The van der Waals surface area contributed by atoms with Crippen LogP contribution in [-0.2, 0) is 4.79 Å². The van der Waals surface area contributed by atoms with Gasteiger partial charge < -0.3 is 5.32 Å². The van der Waals surface area contributed by atoms with Crippen LogP contribution in [0.3, 0.4) is 0 Å². The van der Waals surface area contributed by atoms with E-state index in [0.29, 0.717) is 6.54 Å². The Morgan fingerprint density at radius 2 is 2.08 bits per heavy atom. The Kier molecular flexibility index (Phi) is 4.76. The molecule has 0 aliphatic carbocycles. The zero-order valence-electron chi connectivity index (χ0n) is 13.3. The Hall–Kier alpha value is -2.80. The maximum Gasteiger partial charge on any atom is 0.328 e. The third-order valence-electron chi connectivity index (χ3n) is 3.59. The van der Waals surface area contributed by atoms with Crippen LogP contribution < -0.4 is 10.2 Å². The maximum absolute atomic E-state index is 14.3. The van der Waals surface area contributed by atoms with Crippen LogP contribution in [0.5, 0.6) is 0 Å². The number of anilines is 1. The molecule has 2 aromatic rings. The van der Waals surface area contributed by atoms with Gasteiger partial charge in [0.2, 0.25) is 0 Å². The zero-order valence-corrected chi connectivity index (χ0v) is 14.0. The van der Waals surface area contributed by atoms with Crippen molar-refractivity contribution in [2.24, 2.45) is 4.99 Å². The molecule has 1 aliphatic heterocycles. The molecular formula is C17H14ClFN4O2. The van der Waals surface area contributed by atoms with Gasteiger partial charge in [0.1, 0.15) is 23.2 Å². The molecule has 8 heteroatoms. The number of benzene rings is 1. The summed E-state index contributed by atoms with van der Waals surface area (Å²) in [5.41, 5.74) is 0.745. The number of hydrogen-bond acceptors (Lipinski definition) is 4. The molecule has 3 amide bonds. The van der Waals surface area contributed by atoms with Crippen LogP contribution in [-0.4, -0.2) is 35.7 Å². The highest BCUT2D eigenvalue weighted by Gasteiger charge is 2.31. The molecule has 0 atom stereocenters. The van der Waals surface area contributed by atoms with Crippen molar-refractivity contribution < 1.29 is 14.0 Å². The normalized spacial score (nSPS) is 13.8. The molecule has 0 saturated carbocycles. The second-order valence-electron chi connectivity index (χ2n) is 5.21. The lowest BCUT2D eigenvalue weighted by atomic mass is 10.0. The predicted octanol–water partition coefficient (Wildman–Crippen LogP) is 2.79. The number of aliphatic imine (C=N–C) groups is 1. The lowest BCUT2D eigenvalue weighted by Gasteiger charge is -2.20. The molecule has 0 spiro atoms. The summed E-state index contributed by atoms with van der Waals surface area (Å²) in [6.45, 7) is 1.78. The van der Waals surface area contributed by atoms with Crippen molar-refractivity contribution >= 4 is 34.9 Å². The Balaban J connectivity index is 2.21. The van der Waals surface area contributed by atoms with E-state index < -0.39 is 17.8 Å². The number of imide groups is 1. The number of urea groups is 1. The van der Waals surface area contributed by atoms with Crippen LogP contribution in [0, 0.1) is 5.82 Å². The molecule has 1 N–H and O–H groups in total. The first-order valence-electron chi connectivity index (χ1n) is 7.60. The van der Waals surface area contributed by atoms with Crippen molar-refractivity contribution in [2.45, 2.75) is 6.92 Å². The fourth-order valence-corrected chi connectivity index (χ4v) is 2.68. The second kappa shape index (κ2) is 6.98. The molecule has 128 valence electrons. The number of carbonyl (C=O) groups is 2. The number of aromatic nitrogens is 1. The van der Waals surface area contributed by atoms with E-state index >= 15 is 0 Å². The van der Waals surface area contributed by atoms with Gasteiger partial charge in [-0.25, -0.2) is 19.1 Å². The third-order valence-corrected chi connectivity index (χ3v) is 3.80. The summed E-state index contributed by atoms with van der Waals surface area (Å²) in [6, 6.07) is 8.39. The fraction of sp³-hybridized carbons (Fsp3) is 0.176. The summed E-state index contributed by atoms with van der Waals surface area (Å²) in [5, 5.41) is 2.72. The Morgan fingerprint density at radius 1 is 1.32 bits per heavy atom. The van der Waals surface area contributed by atoms with Gasteiger partial charge in [-0.2, -0.15) is 0 Å². The summed E-state index contributed by atoms with van der Waals surface area (Å²) in [7, 11) is 0. The van der Waals surface area contributed by atoms with Crippen LogP contribution in [0.25, 0.3) is 0 Å². The third kappa shape index (κ3) is 3.23. The summed E-state index contributed by atoms with van der Waals surface area (Å²) in [6.07, 6.45) is 0. The monoisotopic (exact) mass is 360 g/mol. The van der Waals surface area contributed by atoms with Gasteiger partial charge in [0.25, 0.3) is 5.91 Å². The molecule has 1 aromatic heterocycles. The average molecular weight is 361 g/mol. The van der Waals surface area contributed by atoms with Gasteiger partial charge in [-0.1, -0.05) is 23.7 Å². The van der Waals surface area contributed by atoms with E-state index in [1.165, 1.54) is 24.3 Å². The first-order valence-corrected chi connectivity index (χ1v) is 7.97. The van der Waals surface area contributed by atoms with Crippen LogP contribution in [0.2, 0.25) is 5.15 Å². The quantitative estimate of drug-likeness (QED) is 0.837. The number of carbonyl (C=O) groups excluding carboxylic acids is 2. The van der Waals surface area contributed by atoms with Gasteiger partial charge >= 0.3 is 6.03 Å². The molecule has 6 nitrogen and oxygen atoms in total. The van der Waals surface area contributed by atoms with Crippen LogP contribution >= 0.6 is 11.6 Å². The smallest absolute Gasteiger partial charge is 0.328 e. The van der Waals surface area contributed by atoms with Gasteiger partial charge in [-0.15, -0.1) is 0 Å². The van der Waals surface area contributed by atoms with Crippen molar-refractivity contribution in [3.8, 4) is 0 Å². The molecule has 25 heavy (non-hydrogen) atoms. The van der Waals surface area contributed by atoms with E-state index in [-0.39, 0.29) is 34.4 Å². The van der Waals surface area contributed by atoms with Gasteiger partial charge in [-0.3, -0.25) is 9.79 Å². The Labute approximate surface area is 148 Å². The number of pyridine rings is 1.